The number of esters is 1. The third kappa shape index (κ3) is 2.74. The minimum absolute atomic E-state index is 0.0470. The molecule has 1 aliphatic heterocycles. The van der Waals surface area contributed by atoms with Crippen LogP contribution in [0.3, 0.4) is 0 Å². The Kier molecular flexibility index (Phi) is 3.56. The summed E-state index contributed by atoms with van der Waals surface area (Å²) >= 11 is 0. The average molecular weight is 267 g/mol. The highest BCUT2D eigenvalue weighted by molar-refractivity contribution is 5.84. The summed E-state index contributed by atoms with van der Waals surface area (Å²) in [4.78, 5) is 25.8. The fraction of sp³-hybridized carbons (Fsp3) is 0.714. The minimum atomic E-state index is -0.568. The Bertz CT molecular complexity index is 410. The Morgan fingerprint density at radius 3 is 2.58 bits per heavy atom. The van der Waals surface area contributed by atoms with Crippen LogP contribution in [-0.4, -0.2) is 41.3 Å². The lowest BCUT2D eigenvalue weighted by Gasteiger charge is -2.32. The van der Waals surface area contributed by atoms with Gasteiger partial charge in [0.05, 0.1) is 12.6 Å². The topological polar surface area (TPSA) is 55.8 Å². The van der Waals surface area contributed by atoms with Crippen LogP contribution >= 0.6 is 0 Å². The molecule has 0 saturated carbocycles. The summed E-state index contributed by atoms with van der Waals surface area (Å²) in [6, 6.07) is -0.584. The fourth-order valence-electron chi connectivity index (χ4n) is 2.64. The summed E-state index contributed by atoms with van der Waals surface area (Å²) in [5.41, 5.74) is -0.568. The number of fused-ring (bicyclic) bond motifs is 2. The SMILES string of the molecule is CCOC(=O)[C@H]1[C@@H]2C=C[C@@H](C2)N1C(=O)OC(C)(C)C. The maximum atomic E-state index is 12.2. The van der Waals surface area contributed by atoms with Crippen molar-refractivity contribution >= 4 is 12.1 Å². The maximum Gasteiger partial charge on any atom is 0.411 e. The molecule has 0 radical (unpaired) electrons. The standard InChI is InChI=1S/C14H21NO4/c1-5-18-12(16)11-9-6-7-10(8-9)15(11)13(17)19-14(2,3)4/h6-7,9-11H,5,8H2,1-4H3/t9-,10+,11-/m1/s1. The van der Waals surface area contributed by atoms with Gasteiger partial charge in [0.2, 0.25) is 0 Å². The zero-order valence-corrected chi connectivity index (χ0v) is 11.9. The van der Waals surface area contributed by atoms with E-state index in [1.807, 2.05) is 32.9 Å². The van der Waals surface area contributed by atoms with Crippen molar-refractivity contribution in [2.24, 2.45) is 5.92 Å². The summed E-state index contributed by atoms with van der Waals surface area (Å²) in [6.45, 7) is 7.52. The lowest BCUT2D eigenvalue weighted by molar-refractivity contribution is -0.149. The Hall–Kier alpha value is -1.52. The normalized spacial score (nSPS) is 28.6. The van der Waals surface area contributed by atoms with Gasteiger partial charge in [-0.25, -0.2) is 9.59 Å². The smallest absolute Gasteiger partial charge is 0.411 e. The fourth-order valence-corrected chi connectivity index (χ4v) is 2.64. The second-order valence-corrected chi connectivity index (χ2v) is 5.94. The van der Waals surface area contributed by atoms with Gasteiger partial charge in [0, 0.05) is 5.92 Å². The molecule has 0 unspecified atom stereocenters. The summed E-state index contributed by atoms with van der Waals surface area (Å²) in [7, 11) is 0. The molecule has 0 aromatic rings. The molecule has 2 aliphatic rings. The second kappa shape index (κ2) is 4.87. The second-order valence-electron chi connectivity index (χ2n) is 5.94. The lowest BCUT2D eigenvalue weighted by atomic mass is 10.0. The van der Waals surface area contributed by atoms with Gasteiger partial charge in [-0.15, -0.1) is 0 Å². The molecule has 1 fully saturated rings. The first-order valence-corrected chi connectivity index (χ1v) is 6.69. The molecule has 5 heteroatoms. The van der Waals surface area contributed by atoms with Crippen molar-refractivity contribution in [3.05, 3.63) is 12.2 Å². The van der Waals surface area contributed by atoms with Gasteiger partial charge in [0.1, 0.15) is 11.6 Å². The van der Waals surface area contributed by atoms with Crippen LogP contribution in [0.15, 0.2) is 12.2 Å². The molecule has 0 aromatic heterocycles. The van der Waals surface area contributed by atoms with Gasteiger partial charge in [-0.05, 0) is 34.1 Å². The van der Waals surface area contributed by atoms with E-state index < -0.39 is 17.7 Å². The number of carbonyl (C=O) groups excluding carboxylic acids is 2. The van der Waals surface area contributed by atoms with Gasteiger partial charge in [0.25, 0.3) is 0 Å². The van der Waals surface area contributed by atoms with E-state index in [2.05, 4.69) is 0 Å². The zero-order valence-electron chi connectivity index (χ0n) is 11.9. The Labute approximate surface area is 113 Å². The molecule has 1 aliphatic carbocycles. The minimum Gasteiger partial charge on any atom is -0.464 e. The van der Waals surface area contributed by atoms with Crippen LogP contribution in [0.5, 0.6) is 0 Å². The van der Waals surface area contributed by atoms with Crippen LogP contribution in [0, 0.1) is 5.92 Å². The van der Waals surface area contributed by atoms with Crippen molar-refractivity contribution in [1.82, 2.24) is 4.90 Å². The molecule has 1 saturated heterocycles. The van der Waals surface area contributed by atoms with Crippen molar-refractivity contribution in [2.45, 2.75) is 51.8 Å². The molecule has 0 aromatic carbocycles. The maximum absolute atomic E-state index is 12.2. The van der Waals surface area contributed by atoms with Crippen molar-refractivity contribution in [3.63, 3.8) is 0 Å². The Morgan fingerprint density at radius 1 is 1.32 bits per heavy atom. The predicted octanol–water partition coefficient (Wildman–Crippen LogP) is 2.11. The molecule has 19 heavy (non-hydrogen) atoms. The van der Waals surface area contributed by atoms with Gasteiger partial charge < -0.3 is 9.47 Å². The number of likely N-dealkylation sites (tertiary alicyclic amines) is 1. The summed E-state index contributed by atoms with van der Waals surface area (Å²) < 4.78 is 10.4. The first-order chi connectivity index (χ1) is 8.83. The molecule has 0 spiro atoms. The first kappa shape index (κ1) is 13.9. The monoisotopic (exact) mass is 267 g/mol. The van der Waals surface area contributed by atoms with Crippen LogP contribution in [0.1, 0.15) is 34.1 Å². The lowest BCUT2D eigenvalue weighted by Crippen LogP contribution is -2.49. The van der Waals surface area contributed by atoms with E-state index in [0.717, 1.165) is 6.42 Å². The van der Waals surface area contributed by atoms with E-state index in [9.17, 15) is 9.59 Å². The van der Waals surface area contributed by atoms with E-state index in [1.54, 1.807) is 6.92 Å². The van der Waals surface area contributed by atoms with E-state index in [4.69, 9.17) is 9.47 Å². The number of carbonyl (C=O) groups is 2. The molecular weight excluding hydrogens is 246 g/mol. The zero-order chi connectivity index (χ0) is 14.2. The van der Waals surface area contributed by atoms with Crippen LogP contribution < -0.4 is 0 Å². The molecule has 5 nitrogen and oxygen atoms in total. The summed E-state index contributed by atoms with van der Waals surface area (Å²) in [5, 5.41) is 0. The van der Waals surface area contributed by atoms with Crippen molar-refractivity contribution in [2.75, 3.05) is 6.61 Å². The number of amides is 1. The van der Waals surface area contributed by atoms with E-state index >= 15 is 0 Å². The van der Waals surface area contributed by atoms with Crippen LogP contribution in [0.25, 0.3) is 0 Å². The Balaban J connectivity index is 2.15. The highest BCUT2D eigenvalue weighted by Gasteiger charge is 2.50. The van der Waals surface area contributed by atoms with Gasteiger partial charge in [-0.3, -0.25) is 4.90 Å². The van der Waals surface area contributed by atoms with Crippen LogP contribution in [0.4, 0.5) is 4.79 Å². The third-order valence-corrected chi connectivity index (χ3v) is 3.29. The van der Waals surface area contributed by atoms with Crippen molar-refractivity contribution in [3.8, 4) is 0 Å². The summed E-state index contributed by atoms with van der Waals surface area (Å²) in [6.07, 6.45) is 4.29. The van der Waals surface area contributed by atoms with E-state index in [1.165, 1.54) is 4.90 Å². The van der Waals surface area contributed by atoms with E-state index in [-0.39, 0.29) is 17.9 Å². The molecule has 0 N–H and O–H groups in total. The van der Waals surface area contributed by atoms with Gasteiger partial charge in [-0.2, -0.15) is 0 Å². The molecule has 3 atom stereocenters. The number of hydrogen-bond donors (Lipinski definition) is 0. The molecule has 2 rings (SSSR count). The Morgan fingerprint density at radius 2 is 2.00 bits per heavy atom. The van der Waals surface area contributed by atoms with Gasteiger partial charge >= 0.3 is 12.1 Å². The van der Waals surface area contributed by atoms with E-state index in [0.29, 0.717) is 6.61 Å². The predicted molar refractivity (Wildman–Crippen MR) is 69.5 cm³/mol. The number of ether oxygens (including phenoxy) is 2. The van der Waals surface area contributed by atoms with Crippen molar-refractivity contribution in [1.29, 1.82) is 0 Å². The van der Waals surface area contributed by atoms with Gasteiger partial charge in [-0.1, -0.05) is 12.2 Å². The average Bonchev–Trinajstić information content (AvgIpc) is 2.85. The molecule has 2 bridgehead atoms. The van der Waals surface area contributed by atoms with Crippen LogP contribution in [-0.2, 0) is 14.3 Å². The molecule has 106 valence electrons. The quantitative estimate of drug-likeness (QED) is 0.568. The first-order valence-electron chi connectivity index (χ1n) is 6.69. The number of rotatable bonds is 2. The molecule has 1 heterocycles. The van der Waals surface area contributed by atoms with Gasteiger partial charge in [0.15, 0.2) is 0 Å². The third-order valence-electron chi connectivity index (χ3n) is 3.29. The highest BCUT2D eigenvalue weighted by Crippen LogP contribution is 2.38. The largest absolute Gasteiger partial charge is 0.464 e. The summed E-state index contributed by atoms with van der Waals surface area (Å²) in [5.74, 6) is -0.290. The van der Waals surface area contributed by atoms with Crippen molar-refractivity contribution < 1.29 is 19.1 Å². The molecular formula is C14H21NO4. The van der Waals surface area contributed by atoms with Crippen LogP contribution in [0.2, 0.25) is 0 Å². The number of hydrogen-bond acceptors (Lipinski definition) is 4. The highest BCUT2D eigenvalue weighted by atomic mass is 16.6. The molecule has 1 amide bonds. The number of nitrogens with zero attached hydrogens (tertiary/aromatic N) is 1.